The van der Waals surface area contributed by atoms with Gasteiger partial charge in [0.2, 0.25) is 0 Å². The zero-order valence-electron chi connectivity index (χ0n) is 12.4. The smallest absolute Gasteiger partial charge is 0.265 e. The lowest BCUT2D eigenvalue weighted by atomic mass is 10.2. The van der Waals surface area contributed by atoms with Crippen LogP contribution in [-0.4, -0.2) is 30.5 Å². The standard InChI is InChI=1S/C14H20N4OS2/c1-4-18(3)14-17-12(15)11(21-14)13(19)16-9(2)8-10-6-5-7-20-10/h5-7,9H,4,8,15H2,1-3H3,(H,16,19). The summed E-state index contributed by atoms with van der Waals surface area (Å²) < 4.78 is 0. The lowest BCUT2D eigenvalue weighted by molar-refractivity contribution is 0.0945. The first-order valence-corrected chi connectivity index (χ1v) is 8.51. The predicted molar refractivity (Wildman–Crippen MR) is 90.4 cm³/mol. The Hall–Kier alpha value is -1.60. The highest BCUT2D eigenvalue weighted by Gasteiger charge is 2.19. The van der Waals surface area contributed by atoms with Gasteiger partial charge in [-0.1, -0.05) is 17.4 Å². The first-order valence-electron chi connectivity index (χ1n) is 6.82. The average Bonchev–Trinajstić information content (AvgIpc) is 3.07. The number of aromatic nitrogens is 1. The quantitative estimate of drug-likeness (QED) is 0.857. The third-order valence-corrected chi connectivity index (χ3v) is 5.20. The second-order valence-corrected chi connectivity index (χ2v) is 6.89. The zero-order valence-corrected chi connectivity index (χ0v) is 14.1. The summed E-state index contributed by atoms with van der Waals surface area (Å²) in [7, 11) is 1.93. The van der Waals surface area contributed by atoms with Crippen LogP contribution in [-0.2, 0) is 6.42 Å². The van der Waals surface area contributed by atoms with Crippen molar-refractivity contribution >= 4 is 39.5 Å². The van der Waals surface area contributed by atoms with Gasteiger partial charge in [-0.25, -0.2) is 4.98 Å². The van der Waals surface area contributed by atoms with Gasteiger partial charge in [-0.05, 0) is 25.3 Å². The van der Waals surface area contributed by atoms with Gasteiger partial charge in [-0.3, -0.25) is 4.79 Å². The molecule has 0 aliphatic carbocycles. The van der Waals surface area contributed by atoms with Crippen molar-refractivity contribution in [3.8, 4) is 0 Å². The van der Waals surface area contributed by atoms with Crippen molar-refractivity contribution in [1.29, 1.82) is 0 Å². The molecule has 7 heteroatoms. The highest BCUT2D eigenvalue weighted by atomic mass is 32.1. The highest BCUT2D eigenvalue weighted by Crippen LogP contribution is 2.27. The molecule has 0 saturated heterocycles. The van der Waals surface area contributed by atoms with Gasteiger partial charge in [0.15, 0.2) is 5.13 Å². The highest BCUT2D eigenvalue weighted by molar-refractivity contribution is 7.18. The molecule has 1 atom stereocenters. The number of nitrogens with zero attached hydrogens (tertiary/aromatic N) is 2. The maximum absolute atomic E-state index is 12.3. The number of anilines is 2. The number of rotatable bonds is 6. The maximum Gasteiger partial charge on any atom is 0.265 e. The molecule has 2 rings (SSSR count). The van der Waals surface area contributed by atoms with Crippen LogP contribution in [0.25, 0.3) is 0 Å². The van der Waals surface area contributed by atoms with Crippen LogP contribution in [0, 0.1) is 0 Å². The number of hydrogen-bond donors (Lipinski definition) is 2. The summed E-state index contributed by atoms with van der Waals surface area (Å²) in [5, 5.41) is 5.79. The Morgan fingerprint density at radius 2 is 2.33 bits per heavy atom. The number of nitrogen functional groups attached to an aromatic ring is 1. The van der Waals surface area contributed by atoms with Crippen LogP contribution in [0.4, 0.5) is 10.9 Å². The van der Waals surface area contributed by atoms with Gasteiger partial charge >= 0.3 is 0 Å². The Bertz CT molecular complexity index is 594. The van der Waals surface area contributed by atoms with Crippen LogP contribution in [0.2, 0.25) is 0 Å². The summed E-state index contributed by atoms with van der Waals surface area (Å²) >= 11 is 3.03. The predicted octanol–water partition coefficient (Wildman–Crippen LogP) is 2.60. The van der Waals surface area contributed by atoms with Gasteiger partial charge in [-0.15, -0.1) is 11.3 Å². The average molecular weight is 324 g/mol. The third kappa shape index (κ3) is 3.95. The molecule has 3 N–H and O–H groups in total. The van der Waals surface area contributed by atoms with Crippen molar-refractivity contribution in [1.82, 2.24) is 10.3 Å². The normalized spacial score (nSPS) is 12.1. The molecule has 1 unspecified atom stereocenters. The summed E-state index contributed by atoms with van der Waals surface area (Å²) in [4.78, 5) is 20.3. The van der Waals surface area contributed by atoms with E-state index < -0.39 is 0 Å². The fraction of sp³-hybridized carbons (Fsp3) is 0.429. The van der Waals surface area contributed by atoms with E-state index in [0.717, 1.165) is 18.1 Å². The topological polar surface area (TPSA) is 71.2 Å². The van der Waals surface area contributed by atoms with Crippen LogP contribution >= 0.6 is 22.7 Å². The van der Waals surface area contributed by atoms with Crippen LogP contribution in [0.15, 0.2) is 17.5 Å². The molecule has 2 aromatic heterocycles. The molecular formula is C14H20N4OS2. The molecule has 2 aromatic rings. The number of thiophene rings is 1. The molecule has 5 nitrogen and oxygen atoms in total. The van der Waals surface area contributed by atoms with Crippen molar-refractivity contribution in [2.75, 3.05) is 24.2 Å². The fourth-order valence-electron chi connectivity index (χ4n) is 1.85. The summed E-state index contributed by atoms with van der Waals surface area (Å²) in [6.45, 7) is 4.84. The Kier molecular flexibility index (Phi) is 5.19. The first kappa shape index (κ1) is 15.8. The minimum Gasteiger partial charge on any atom is -0.382 e. The van der Waals surface area contributed by atoms with E-state index in [2.05, 4.69) is 16.4 Å². The number of thiazole rings is 1. The van der Waals surface area contributed by atoms with E-state index in [0.29, 0.717) is 10.7 Å². The molecular weight excluding hydrogens is 304 g/mol. The molecule has 0 spiro atoms. The Morgan fingerprint density at radius 3 is 2.95 bits per heavy atom. The molecule has 0 bridgehead atoms. The summed E-state index contributed by atoms with van der Waals surface area (Å²) in [5.41, 5.74) is 5.86. The summed E-state index contributed by atoms with van der Waals surface area (Å²) in [6, 6.07) is 4.15. The second-order valence-electron chi connectivity index (χ2n) is 4.88. The maximum atomic E-state index is 12.3. The third-order valence-electron chi connectivity index (χ3n) is 3.11. The molecule has 0 fully saturated rings. The van der Waals surface area contributed by atoms with E-state index in [1.807, 2.05) is 37.2 Å². The van der Waals surface area contributed by atoms with E-state index in [-0.39, 0.29) is 11.9 Å². The summed E-state index contributed by atoms with van der Waals surface area (Å²) in [6.07, 6.45) is 0.823. The van der Waals surface area contributed by atoms with Crippen LogP contribution < -0.4 is 16.0 Å². The van der Waals surface area contributed by atoms with E-state index in [1.54, 1.807) is 11.3 Å². The van der Waals surface area contributed by atoms with Crippen LogP contribution in [0.3, 0.4) is 0 Å². The van der Waals surface area contributed by atoms with Crippen molar-refractivity contribution in [2.24, 2.45) is 0 Å². The minimum absolute atomic E-state index is 0.0602. The molecule has 21 heavy (non-hydrogen) atoms. The Balaban J connectivity index is 2.01. The fourth-order valence-corrected chi connectivity index (χ4v) is 3.60. The van der Waals surface area contributed by atoms with Crippen molar-refractivity contribution in [2.45, 2.75) is 26.3 Å². The lowest BCUT2D eigenvalue weighted by Crippen LogP contribution is -2.33. The van der Waals surface area contributed by atoms with Crippen molar-refractivity contribution in [3.63, 3.8) is 0 Å². The van der Waals surface area contributed by atoms with Gasteiger partial charge in [0.25, 0.3) is 5.91 Å². The molecule has 0 aromatic carbocycles. The van der Waals surface area contributed by atoms with Gasteiger partial charge in [0, 0.05) is 30.9 Å². The number of carbonyl (C=O) groups is 1. The van der Waals surface area contributed by atoms with Gasteiger partial charge in [-0.2, -0.15) is 0 Å². The molecule has 0 aliphatic heterocycles. The zero-order chi connectivity index (χ0) is 15.4. The Morgan fingerprint density at radius 1 is 1.57 bits per heavy atom. The molecule has 0 aliphatic rings. The number of hydrogen-bond acceptors (Lipinski definition) is 6. The van der Waals surface area contributed by atoms with E-state index >= 15 is 0 Å². The van der Waals surface area contributed by atoms with Crippen molar-refractivity contribution < 1.29 is 4.79 Å². The van der Waals surface area contributed by atoms with Crippen LogP contribution in [0.5, 0.6) is 0 Å². The van der Waals surface area contributed by atoms with Gasteiger partial charge in [0.1, 0.15) is 10.7 Å². The SMILES string of the molecule is CCN(C)c1nc(N)c(C(=O)NC(C)Cc2cccs2)s1. The molecule has 114 valence electrons. The molecule has 0 saturated carbocycles. The number of nitrogens with two attached hydrogens (primary N) is 1. The van der Waals surface area contributed by atoms with E-state index in [9.17, 15) is 4.79 Å². The molecule has 0 radical (unpaired) electrons. The van der Waals surface area contributed by atoms with Crippen molar-refractivity contribution in [3.05, 3.63) is 27.3 Å². The summed E-state index contributed by atoms with van der Waals surface area (Å²) in [5.74, 6) is 0.154. The first-order chi connectivity index (χ1) is 10.0. The second kappa shape index (κ2) is 6.91. The Labute approximate surface area is 132 Å². The van der Waals surface area contributed by atoms with Gasteiger partial charge in [0.05, 0.1) is 0 Å². The lowest BCUT2D eigenvalue weighted by Gasteiger charge is -2.12. The van der Waals surface area contributed by atoms with Gasteiger partial charge < -0.3 is 16.0 Å². The largest absolute Gasteiger partial charge is 0.382 e. The number of nitrogens with one attached hydrogen (secondary N) is 1. The monoisotopic (exact) mass is 324 g/mol. The van der Waals surface area contributed by atoms with E-state index in [4.69, 9.17) is 5.73 Å². The number of amides is 1. The minimum atomic E-state index is -0.148. The molecule has 2 heterocycles. The number of carbonyl (C=O) groups excluding carboxylic acids is 1. The van der Waals surface area contributed by atoms with E-state index in [1.165, 1.54) is 16.2 Å². The van der Waals surface area contributed by atoms with Crippen LogP contribution in [0.1, 0.15) is 28.4 Å². The molecule has 1 amide bonds.